The van der Waals surface area contributed by atoms with Crippen LogP contribution in [0.15, 0.2) is 41.8 Å². The number of carbonyl (C=O) groups is 1. The number of benzene rings is 1. The molecule has 3 aromatic heterocycles. The van der Waals surface area contributed by atoms with E-state index in [1.807, 2.05) is 55.6 Å². The van der Waals surface area contributed by atoms with Gasteiger partial charge in [-0.3, -0.25) is 4.79 Å². The Hall–Kier alpha value is -2.71. The molecule has 0 aliphatic heterocycles. The van der Waals surface area contributed by atoms with E-state index in [1.165, 1.54) is 11.3 Å². The molecule has 3 heterocycles. The third-order valence-corrected chi connectivity index (χ3v) is 5.74. The first-order valence-corrected chi connectivity index (χ1v) is 10.3. The second kappa shape index (κ2) is 7.50. The molecular formula is C19H18N4O2S2. The summed E-state index contributed by atoms with van der Waals surface area (Å²) in [6, 6.07) is 11.6. The lowest BCUT2D eigenvalue weighted by Gasteiger charge is -2.05. The van der Waals surface area contributed by atoms with Crippen LogP contribution in [0.4, 0.5) is 5.82 Å². The van der Waals surface area contributed by atoms with Crippen molar-refractivity contribution < 1.29 is 9.53 Å². The summed E-state index contributed by atoms with van der Waals surface area (Å²) < 4.78 is 8.37. The van der Waals surface area contributed by atoms with Crippen LogP contribution < -0.4 is 10.1 Å². The minimum absolute atomic E-state index is 0.0743. The van der Waals surface area contributed by atoms with Crippen LogP contribution in [-0.4, -0.2) is 27.3 Å². The van der Waals surface area contributed by atoms with Crippen LogP contribution in [-0.2, 0) is 11.2 Å². The number of hydrogen-bond donors (Lipinski definition) is 1. The van der Waals surface area contributed by atoms with E-state index in [4.69, 9.17) is 9.72 Å². The Labute approximate surface area is 164 Å². The topological polar surface area (TPSA) is 69.0 Å². The molecule has 0 atom stereocenters. The minimum Gasteiger partial charge on any atom is -0.492 e. The van der Waals surface area contributed by atoms with Gasteiger partial charge in [-0.25, -0.2) is 4.98 Å². The maximum absolute atomic E-state index is 12.4. The van der Waals surface area contributed by atoms with E-state index in [2.05, 4.69) is 10.4 Å². The number of thiazole rings is 1. The molecule has 1 aromatic carbocycles. The molecule has 138 valence electrons. The fraction of sp³-hybridized carbons (Fsp3) is 0.211. The molecule has 0 spiro atoms. The van der Waals surface area contributed by atoms with Crippen molar-refractivity contribution in [1.29, 1.82) is 0 Å². The molecule has 0 aliphatic rings. The van der Waals surface area contributed by atoms with Crippen LogP contribution in [0.25, 0.3) is 15.3 Å². The molecule has 1 amide bonds. The molecule has 0 fully saturated rings. The zero-order chi connectivity index (χ0) is 18.8. The van der Waals surface area contributed by atoms with Gasteiger partial charge in [0.1, 0.15) is 17.1 Å². The van der Waals surface area contributed by atoms with Gasteiger partial charge in [-0.1, -0.05) is 23.5 Å². The van der Waals surface area contributed by atoms with E-state index in [9.17, 15) is 4.79 Å². The van der Waals surface area contributed by atoms with Crippen molar-refractivity contribution >= 4 is 44.6 Å². The van der Waals surface area contributed by atoms with Gasteiger partial charge in [0.05, 0.1) is 23.4 Å². The number of para-hydroxylation sites is 1. The molecule has 8 heteroatoms. The lowest BCUT2D eigenvalue weighted by molar-refractivity contribution is -0.115. The average Bonchev–Trinajstić information content (AvgIpc) is 3.35. The van der Waals surface area contributed by atoms with Crippen LogP contribution in [0.5, 0.6) is 5.75 Å². The Morgan fingerprint density at radius 1 is 1.30 bits per heavy atom. The fourth-order valence-corrected chi connectivity index (χ4v) is 4.42. The number of nitrogens with zero attached hydrogens (tertiary/aromatic N) is 3. The van der Waals surface area contributed by atoms with Crippen molar-refractivity contribution in [3.63, 3.8) is 0 Å². The number of ether oxygens (including phenoxy) is 1. The second-order valence-corrected chi connectivity index (χ2v) is 7.96. The number of amides is 1. The van der Waals surface area contributed by atoms with Crippen molar-refractivity contribution in [2.45, 2.75) is 20.3 Å². The van der Waals surface area contributed by atoms with E-state index in [-0.39, 0.29) is 5.91 Å². The smallest absolute Gasteiger partial charge is 0.230 e. The summed E-state index contributed by atoms with van der Waals surface area (Å²) in [6.45, 7) is 4.42. The second-order valence-electron chi connectivity index (χ2n) is 5.92. The zero-order valence-corrected chi connectivity index (χ0v) is 16.6. The van der Waals surface area contributed by atoms with Crippen molar-refractivity contribution in [3.8, 4) is 10.9 Å². The van der Waals surface area contributed by atoms with E-state index in [1.54, 1.807) is 16.0 Å². The maximum atomic E-state index is 12.4. The summed E-state index contributed by atoms with van der Waals surface area (Å²) in [6.07, 6.45) is 0.343. The zero-order valence-electron chi connectivity index (χ0n) is 14.9. The molecule has 1 N–H and O–H groups in total. The van der Waals surface area contributed by atoms with Gasteiger partial charge in [-0.05, 0) is 37.4 Å². The molecule has 0 aliphatic carbocycles. The van der Waals surface area contributed by atoms with Crippen LogP contribution >= 0.6 is 22.7 Å². The highest BCUT2D eigenvalue weighted by Crippen LogP contribution is 2.32. The number of hydrogen-bond acceptors (Lipinski definition) is 6. The number of anilines is 1. The van der Waals surface area contributed by atoms with E-state index >= 15 is 0 Å². The Balaban J connectivity index is 1.65. The number of nitrogens with one attached hydrogen (secondary N) is 1. The van der Waals surface area contributed by atoms with Crippen molar-refractivity contribution in [2.75, 3.05) is 11.9 Å². The SMILES string of the molecule is CCOc1cccc2sc(-n3nc(C)cc3NC(=O)Cc3cccs3)nc12. The van der Waals surface area contributed by atoms with Crippen LogP contribution in [0.2, 0.25) is 0 Å². The van der Waals surface area contributed by atoms with Gasteiger partial charge in [0.25, 0.3) is 0 Å². The molecule has 4 rings (SSSR count). The number of aryl methyl sites for hydroxylation is 1. The standard InChI is InChI=1S/C19H18N4O2S2/c1-3-25-14-7-4-8-15-18(14)21-19(27-15)23-16(10-12(2)22-23)20-17(24)11-13-6-5-9-26-13/h4-10H,3,11H2,1-2H3,(H,20,24). The molecular weight excluding hydrogens is 380 g/mol. The van der Waals surface area contributed by atoms with E-state index in [0.29, 0.717) is 24.0 Å². The molecule has 0 saturated heterocycles. The highest BCUT2D eigenvalue weighted by atomic mass is 32.1. The average molecular weight is 399 g/mol. The van der Waals surface area contributed by atoms with E-state index in [0.717, 1.165) is 26.5 Å². The summed E-state index contributed by atoms with van der Waals surface area (Å²) in [7, 11) is 0. The van der Waals surface area contributed by atoms with Crippen LogP contribution in [0.1, 0.15) is 17.5 Å². The van der Waals surface area contributed by atoms with Crippen LogP contribution in [0, 0.1) is 6.92 Å². The first-order chi connectivity index (χ1) is 13.1. The van der Waals surface area contributed by atoms with Crippen molar-refractivity contribution in [3.05, 3.63) is 52.3 Å². The van der Waals surface area contributed by atoms with E-state index < -0.39 is 0 Å². The van der Waals surface area contributed by atoms with Gasteiger partial charge in [-0.2, -0.15) is 9.78 Å². The van der Waals surface area contributed by atoms with Gasteiger partial charge in [-0.15, -0.1) is 11.3 Å². The Morgan fingerprint density at radius 3 is 2.96 bits per heavy atom. The lowest BCUT2D eigenvalue weighted by Crippen LogP contribution is -2.16. The number of rotatable bonds is 6. The summed E-state index contributed by atoms with van der Waals surface area (Å²) in [5, 5.41) is 10.1. The molecule has 27 heavy (non-hydrogen) atoms. The first kappa shape index (κ1) is 17.7. The highest BCUT2D eigenvalue weighted by molar-refractivity contribution is 7.20. The minimum atomic E-state index is -0.0743. The van der Waals surface area contributed by atoms with Crippen molar-refractivity contribution in [2.24, 2.45) is 0 Å². The number of aromatic nitrogens is 3. The summed E-state index contributed by atoms with van der Waals surface area (Å²) >= 11 is 3.08. The van der Waals surface area contributed by atoms with Crippen LogP contribution in [0.3, 0.4) is 0 Å². The Kier molecular flexibility index (Phi) is 4.91. The van der Waals surface area contributed by atoms with Gasteiger partial charge in [0.15, 0.2) is 0 Å². The largest absolute Gasteiger partial charge is 0.492 e. The third-order valence-electron chi connectivity index (χ3n) is 3.87. The maximum Gasteiger partial charge on any atom is 0.230 e. The monoisotopic (exact) mass is 398 g/mol. The van der Waals surface area contributed by atoms with Gasteiger partial charge in [0, 0.05) is 10.9 Å². The first-order valence-electron chi connectivity index (χ1n) is 8.55. The number of fused-ring (bicyclic) bond motifs is 1. The summed E-state index contributed by atoms with van der Waals surface area (Å²) in [5.41, 5.74) is 1.62. The van der Waals surface area contributed by atoms with Crippen molar-refractivity contribution in [1.82, 2.24) is 14.8 Å². The Morgan fingerprint density at radius 2 is 2.19 bits per heavy atom. The normalized spacial score (nSPS) is 11.0. The molecule has 0 radical (unpaired) electrons. The predicted molar refractivity (Wildman–Crippen MR) is 109 cm³/mol. The number of carbonyl (C=O) groups excluding carboxylic acids is 1. The molecule has 4 aromatic rings. The highest BCUT2D eigenvalue weighted by Gasteiger charge is 2.16. The quantitative estimate of drug-likeness (QED) is 0.522. The molecule has 0 saturated carbocycles. The Bertz CT molecular complexity index is 1080. The lowest BCUT2D eigenvalue weighted by atomic mass is 10.3. The van der Waals surface area contributed by atoms with Gasteiger partial charge < -0.3 is 10.1 Å². The van der Waals surface area contributed by atoms with Gasteiger partial charge >= 0.3 is 0 Å². The van der Waals surface area contributed by atoms with Gasteiger partial charge in [0.2, 0.25) is 11.0 Å². The molecule has 0 bridgehead atoms. The molecule has 0 unspecified atom stereocenters. The molecule has 6 nitrogen and oxygen atoms in total. The summed E-state index contributed by atoms with van der Waals surface area (Å²) in [5.74, 6) is 1.30. The third kappa shape index (κ3) is 3.72. The fourth-order valence-electron chi connectivity index (χ4n) is 2.77. The predicted octanol–water partition coefficient (Wildman–Crippen LogP) is 4.43. The number of thiophene rings is 1. The summed E-state index contributed by atoms with van der Waals surface area (Å²) in [4.78, 5) is 18.1.